The van der Waals surface area contributed by atoms with Gasteiger partial charge < -0.3 is 0 Å². The molecule has 2 rings (SSSR count). The first kappa shape index (κ1) is 8.19. The molecule has 0 unspecified atom stereocenters. The van der Waals surface area contributed by atoms with Crippen LogP contribution in [0.5, 0.6) is 0 Å². The van der Waals surface area contributed by atoms with E-state index in [2.05, 4.69) is 22.6 Å². The predicted molar refractivity (Wildman–Crippen MR) is 51.2 cm³/mol. The van der Waals surface area contributed by atoms with E-state index in [1.165, 1.54) is 0 Å². The second-order valence-electron chi connectivity index (χ2n) is 2.84. The smallest absolute Gasteiger partial charge is 0.113 e. The number of para-hydroxylation sites is 1. The van der Waals surface area contributed by atoms with Gasteiger partial charge in [0.1, 0.15) is 5.52 Å². The van der Waals surface area contributed by atoms with Crippen LogP contribution in [-0.2, 0) is 6.67 Å². The number of benzene rings is 1. The predicted octanol–water partition coefficient (Wildman–Crippen LogP) is 0.998. The lowest BCUT2D eigenvalue weighted by atomic mass is 10.3. The zero-order valence-electron chi connectivity index (χ0n) is 7.57. The van der Waals surface area contributed by atoms with Gasteiger partial charge in [0.05, 0.1) is 12.2 Å². The van der Waals surface area contributed by atoms with Gasteiger partial charge in [0.25, 0.3) is 0 Å². The highest BCUT2D eigenvalue weighted by atomic mass is 15.4. The number of hydrogen-bond acceptors (Lipinski definition) is 3. The molecule has 13 heavy (non-hydrogen) atoms. The number of rotatable bonds is 3. The van der Waals surface area contributed by atoms with Crippen LogP contribution in [0.1, 0.15) is 6.92 Å². The van der Waals surface area contributed by atoms with Crippen molar-refractivity contribution < 1.29 is 0 Å². The molecule has 0 aliphatic rings. The largest absolute Gasteiger partial charge is 0.298 e. The lowest BCUT2D eigenvalue weighted by Gasteiger charge is -2.01. The Balaban J connectivity index is 2.35. The van der Waals surface area contributed by atoms with Gasteiger partial charge in [-0.25, -0.2) is 4.68 Å². The molecule has 1 aromatic carbocycles. The standard InChI is InChI=1S/C9H12N4/c1-2-10-7-13-9-6-4-3-5-8(9)11-12-13/h3-6,10H,2,7H2,1H3. The van der Waals surface area contributed by atoms with E-state index in [9.17, 15) is 0 Å². The molecule has 4 heteroatoms. The molecule has 0 aliphatic carbocycles. The third-order valence-electron chi connectivity index (χ3n) is 1.93. The summed E-state index contributed by atoms with van der Waals surface area (Å²) in [6.45, 7) is 3.73. The summed E-state index contributed by atoms with van der Waals surface area (Å²) in [6.07, 6.45) is 0. The van der Waals surface area contributed by atoms with Crippen molar-refractivity contribution in [2.75, 3.05) is 6.54 Å². The van der Waals surface area contributed by atoms with Crippen LogP contribution >= 0.6 is 0 Å². The molecule has 0 bridgehead atoms. The molecule has 0 amide bonds. The summed E-state index contributed by atoms with van der Waals surface area (Å²) in [4.78, 5) is 0. The van der Waals surface area contributed by atoms with Crippen LogP contribution in [0.3, 0.4) is 0 Å². The maximum Gasteiger partial charge on any atom is 0.113 e. The number of fused-ring (bicyclic) bond motifs is 1. The Morgan fingerprint density at radius 2 is 2.23 bits per heavy atom. The summed E-state index contributed by atoms with van der Waals surface area (Å²) in [5.41, 5.74) is 2.02. The molecule has 0 spiro atoms. The fourth-order valence-electron chi connectivity index (χ4n) is 1.25. The van der Waals surface area contributed by atoms with E-state index in [4.69, 9.17) is 0 Å². The van der Waals surface area contributed by atoms with E-state index < -0.39 is 0 Å². The minimum Gasteiger partial charge on any atom is -0.298 e. The van der Waals surface area contributed by atoms with E-state index in [1.807, 2.05) is 28.9 Å². The van der Waals surface area contributed by atoms with E-state index in [0.717, 1.165) is 24.2 Å². The zero-order valence-corrected chi connectivity index (χ0v) is 7.57. The monoisotopic (exact) mass is 176 g/mol. The Hall–Kier alpha value is -1.42. The van der Waals surface area contributed by atoms with Crippen molar-refractivity contribution in [3.05, 3.63) is 24.3 Å². The number of hydrogen-bond donors (Lipinski definition) is 1. The first-order valence-corrected chi connectivity index (χ1v) is 4.41. The molecule has 4 nitrogen and oxygen atoms in total. The van der Waals surface area contributed by atoms with Gasteiger partial charge in [-0.05, 0) is 18.7 Å². The summed E-state index contributed by atoms with van der Waals surface area (Å²) in [5.74, 6) is 0. The van der Waals surface area contributed by atoms with Crippen LogP contribution in [0.15, 0.2) is 24.3 Å². The first-order chi connectivity index (χ1) is 6.42. The van der Waals surface area contributed by atoms with Gasteiger partial charge in [0, 0.05) is 0 Å². The molecular weight excluding hydrogens is 164 g/mol. The minimum absolute atomic E-state index is 0.719. The summed E-state index contributed by atoms with van der Waals surface area (Å²) < 4.78 is 1.86. The van der Waals surface area contributed by atoms with E-state index in [0.29, 0.717) is 0 Å². The molecule has 2 aromatic rings. The van der Waals surface area contributed by atoms with Crippen molar-refractivity contribution in [1.29, 1.82) is 0 Å². The molecular formula is C9H12N4. The third kappa shape index (κ3) is 1.53. The Bertz CT molecular complexity index is 393. The van der Waals surface area contributed by atoms with Gasteiger partial charge in [-0.1, -0.05) is 24.3 Å². The molecule has 68 valence electrons. The van der Waals surface area contributed by atoms with E-state index >= 15 is 0 Å². The second kappa shape index (κ2) is 3.53. The quantitative estimate of drug-likeness (QED) is 0.758. The van der Waals surface area contributed by atoms with Gasteiger partial charge in [0.2, 0.25) is 0 Å². The summed E-state index contributed by atoms with van der Waals surface area (Å²) in [7, 11) is 0. The van der Waals surface area contributed by atoms with Crippen LogP contribution in [0, 0.1) is 0 Å². The van der Waals surface area contributed by atoms with Crippen LogP contribution in [0.2, 0.25) is 0 Å². The van der Waals surface area contributed by atoms with Gasteiger partial charge in [0.15, 0.2) is 0 Å². The molecule has 0 saturated heterocycles. The number of nitrogens with zero attached hydrogens (tertiary/aromatic N) is 3. The van der Waals surface area contributed by atoms with Gasteiger partial charge in [-0.15, -0.1) is 5.10 Å². The van der Waals surface area contributed by atoms with Crippen LogP contribution in [0.25, 0.3) is 11.0 Å². The first-order valence-electron chi connectivity index (χ1n) is 4.41. The molecule has 0 saturated carbocycles. The average Bonchev–Trinajstić information content (AvgIpc) is 2.58. The molecule has 0 aliphatic heterocycles. The van der Waals surface area contributed by atoms with Crippen LogP contribution < -0.4 is 5.32 Å². The van der Waals surface area contributed by atoms with Crippen molar-refractivity contribution in [2.24, 2.45) is 0 Å². The van der Waals surface area contributed by atoms with Crippen molar-refractivity contribution >= 4 is 11.0 Å². The third-order valence-corrected chi connectivity index (χ3v) is 1.93. The molecule has 0 atom stereocenters. The van der Waals surface area contributed by atoms with E-state index in [1.54, 1.807) is 0 Å². The molecule has 0 fully saturated rings. The molecule has 0 radical (unpaired) electrons. The molecule has 1 aromatic heterocycles. The van der Waals surface area contributed by atoms with Crippen molar-refractivity contribution in [2.45, 2.75) is 13.6 Å². The van der Waals surface area contributed by atoms with Crippen LogP contribution in [-0.4, -0.2) is 21.5 Å². The van der Waals surface area contributed by atoms with E-state index in [-0.39, 0.29) is 0 Å². The highest BCUT2D eigenvalue weighted by molar-refractivity contribution is 5.73. The van der Waals surface area contributed by atoms with Gasteiger partial charge >= 0.3 is 0 Å². The lowest BCUT2D eigenvalue weighted by molar-refractivity contribution is 0.524. The normalized spacial score (nSPS) is 10.8. The highest BCUT2D eigenvalue weighted by Gasteiger charge is 2.00. The topological polar surface area (TPSA) is 42.7 Å². The Morgan fingerprint density at radius 3 is 3.08 bits per heavy atom. The van der Waals surface area contributed by atoms with Crippen molar-refractivity contribution in [1.82, 2.24) is 20.3 Å². The molecule has 1 N–H and O–H groups in total. The second-order valence-corrected chi connectivity index (χ2v) is 2.84. The maximum atomic E-state index is 4.04. The zero-order chi connectivity index (χ0) is 9.10. The Morgan fingerprint density at radius 1 is 1.38 bits per heavy atom. The summed E-state index contributed by atoms with van der Waals surface area (Å²) in [5, 5.41) is 11.3. The fraction of sp³-hybridized carbons (Fsp3) is 0.333. The van der Waals surface area contributed by atoms with Gasteiger partial charge in [-0.2, -0.15) is 0 Å². The van der Waals surface area contributed by atoms with Crippen molar-refractivity contribution in [3.8, 4) is 0 Å². The number of nitrogens with one attached hydrogen (secondary N) is 1. The highest BCUT2D eigenvalue weighted by Crippen LogP contribution is 2.08. The Kier molecular flexibility index (Phi) is 2.23. The van der Waals surface area contributed by atoms with Crippen molar-refractivity contribution in [3.63, 3.8) is 0 Å². The molecule has 1 heterocycles. The lowest BCUT2D eigenvalue weighted by Crippen LogP contribution is -2.18. The summed E-state index contributed by atoms with van der Waals surface area (Å²) >= 11 is 0. The van der Waals surface area contributed by atoms with Gasteiger partial charge in [-0.3, -0.25) is 5.32 Å². The SMILES string of the molecule is CCNCn1nnc2ccccc21. The Labute approximate surface area is 76.6 Å². The fourth-order valence-corrected chi connectivity index (χ4v) is 1.25. The minimum atomic E-state index is 0.719. The number of aromatic nitrogens is 3. The van der Waals surface area contributed by atoms with Crippen LogP contribution in [0.4, 0.5) is 0 Å². The average molecular weight is 176 g/mol. The summed E-state index contributed by atoms with van der Waals surface area (Å²) in [6, 6.07) is 7.94. The maximum absolute atomic E-state index is 4.04.